The van der Waals surface area contributed by atoms with E-state index in [9.17, 15) is 4.79 Å². The Morgan fingerprint density at radius 1 is 1.14 bits per heavy atom. The van der Waals surface area contributed by atoms with Crippen molar-refractivity contribution >= 4 is 5.97 Å². The highest BCUT2D eigenvalue weighted by Gasteiger charge is 2.17. The van der Waals surface area contributed by atoms with Crippen molar-refractivity contribution in [3.63, 3.8) is 0 Å². The number of carbonyl (C=O) groups excluding carboxylic acids is 1. The fourth-order valence-electron chi connectivity index (χ4n) is 2.85. The minimum absolute atomic E-state index is 0.0751. The summed E-state index contributed by atoms with van der Waals surface area (Å²) in [5, 5.41) is 0. The SMILES string of the molecule is O=C(OCc1ccc(-n2ccnc2)cc1)c1cnc(OC2CCOCC2)cn1. The molecule has 0 saturated carbocycles. The van der Waals surface area contributed by atoms with Crippen molar-refractivity contribution in [2.45, 2.75) is 25.6 Å². The van der Waals surface area contributed by atoms with Crippen molar-refractivity contribution < 1.29 is 19.0 Å². The number of carbonyl (C=O) groups is 1. The lowest BCUT2D eigenvalue weighted by atomic mass is 10.2. The monoisotopic (exact) mass is 380 g/mol. The van der Waals surface area contributed by atoms with Crippen LogP contribution in [0.3, 0.4) is 0 Å². The third kappa shape index (κ3) is 4.52. The van der Waals surface area contributed by atoms with Crippen LogP contribution in [0.5, 0.6) is 5.88 Å². The quantitative estimate of drug-likeness (QED) is 0.607. The molecule has 144 valence electrons. The number of hydrogen-bond donors (Lipinski definition) is 0. The summed E-state index contributed by atoms with van der Waals surface area (Å²) < 4.78 is 18.3. The zero-order valence-electron chi connectivity index (χ0n) is 15.2. The number of esters is 1. The topological polar surface area (TPSA) is 88.4 Å². The largest absolute Gasteiger partial charge is 0.473 e. The van der Waals surface area contributed by atoms with Gasteiger partial charge >= 0.3 is 5.97 Å². The fourth-order valence-corrected chi connectivity index (χ4v) is 2.85. The Hall–Kier alpha value is -3.26. The van der Waals surface area contributed by atoms with Gasteiger partial charge in [-0.25, -0.2) is 19.7 Å². The molecule has 2 aromatic heterocycles. The van der Waals surface area contributed by atoms with Crippen LogP contribution in [0.25, 0.3) is 5.69 Å². The normalized spacial score (nSPS) is 14.6. The third-order valence-corrected chi connectivity index (χ3v) is 4.40. The predicted octanol–water partition coefficient (Wildman–Crippen LogP) is 2.58. The second-order valence-electron chi connectivity index (χ2n) is 6.38. The summed E-state index contributed by atoms with van der Waals surface area (Å²) in [6.07, 6.45) is 9.86. The van der Waals surface area contributed by atoms with Crippen molar-refractivity contribution in [2.24, 2.45) is 0 Å². The van der Waals surface area contributed by atoms with Crippen LogP contribution < -0.4 is 4.74 Å². The molecule has 1 saturated heterocycles. The van der Waals surface area contributed by atoms with Gasteiger partial charge in [0.1, 0.15) is 12.7 Å². The average molecular weight is 380 g/mol. The van der Waals surface area contributed by atoms with Crippen LogP contribution in [-0.2, 0) is 16.1 Å². The summed E-state index contributed by atoms with van der Waals surface area (Å²) in [5.41, 5.74) is 2.01. The van der Waals surface area contributed by atoms with Gasteiger partial charge in [0.25, 0.3) is 0 Å². The first-order valence-corrected chi connectivity index (χ1v) is 9.09. The van der Waals surface area contributed by atoms with Crippen LogP contribution in [0.2, 0.25) is 0 Å². The number of aromatic nitrogens is 4. The Bertz CT molecular complexity index is 889. The van der Waals surface area contributed by atoms with E-state index in [-0.39, 0.29) is 18.4 Å². The van der Waals surface area contributed by atoms with Gasteiger partial charge in [0.2, 0.25) is 5.88 Å². The molecule has 0 amide bonds. The number of nitrogens with zero attached hydrogens (tertiary/aromatic N) is 4. The molecule has 0 aliphatic carbocycles. The van der Waals surface area contributed by atoms with E-state index in [1.165, 1.54) is 12.4 Å². The Balaban J connectivity index is 1.29. The molecular formula is C20H20N4O4. The van der Waals surface area contributed by atoms with Gasteiger partial charge in [0.15, 0.2) is 5.69 Å². The molecule has 1 fully saturated rings. The highest BCUT2D eigenvalue weighted by molar-refractivity contribution is 5.86. The molecule has 0 atom stereocenters. The van der Waals surface area contributed by atoms with E-state index in [1.54, 1.807) is 12.5 Å². The second kappa shape index (κ2) is 8.62. The van der Waals surface area contributed by atoms with Crippen LogP contribution >= 0.6 is 0 Å². The molecule has 0 N–H and O–H groups in total. The molecule has 1 aromatic carbocycles. The first kappa shape index (κ1) is 18.1. The number of hydrogen-bond acceptors (Lipinski definition) is 7. The highest BCUT2D eigenvalue weighted by atomic mass is 16.5. The molecule has 0 bridgehead atoms. The maximum absolute atomic E-state index is 12.2. The zero-order valence-corrected chi connectivity index (χ0v) is 15.2. The van der Waals surface area contributed by atoms with Gasteiger partial charge in [-0.1, -0.05) is 12.1 Å². The predicted molar refractivity (Wildman–Crippen MR) is 99.2 cm³/mol. The summed E-state index contributed by atoms with van der Waals surface area (Å²) in [4.78, 5) is 24.5. The van der Waals surface area contributed by atoms with Gasteiger partial charge in [-0.3, -0.25) is 0 Å². The number of ether oxygens (including phenoxy) is 3. The van der Waals surface area contributed by atoms with E-state index in [2.05, 4.69) is 15.0 Å². The first-order valence-electron chi connectivity index (χ1n) is 9.09. The molecule has 1 aliphatic rings. The van der Waals surface area contributed by atoms with Crippen molar-refractivity contribution in [3.05, 3.63) is 66.6 Å². The minimum Gasteiger partial charge on any atom is -0.473 e. The van der Waals surface area contributed by atoms with E-state index in [4.69, 9.17) is 14.2 Å². The maximum Gasteiger partial charge on any atom is 0.358 e. The molecule has 8 nitrogen and oxygen atoms in total. The summed E-state index contributed by atoms with van der Waals surface area (Å²) in [5.74, 6) is -0.123. The summed E-state index contributed by atoms with van der Waals surface area (Å²) >= 11 is 0. The molecule has 1 aliphatic heterocycles. The van der Waals surface area contributed by atoms with E-state index in [1.807, 2.05) is 35.0 Å². The molecule has 0 spiro atoms. The van der Waals surface area contributed by atoms with Gasteiger partial charge in [-0.05, 0) is 17.7 Å². The molecule has 4 rings (SSSR count). The fraction of sp³-hybridized carbons (Fsp3) is 0.300. The van der Waals surface area contributed by atoms with Crippen LogP contribution in [0, 0.1) is 0 Å². The minimum atomic E-state index is -0.524. The Labute approximate surface area is 162 Å². The van der Waals surface area contributed by atoms with Crippen LogP contribution in [-0.4, -0.2) is 44.8 Å². The number of benzene rings is 1. The lowest BCUT2D eigenvalue weighted by molar-refractivity contribution is 0.0235. The van der Waals surface area contributed by atoms with Gasteiger partial charge in [0, 0.05) is 30.9 Å². The molecular weight excluding hydrogens is 360 g/mol. The summed E-state index contributed by atoms with van der Waals surface area (Å²) in [7, 11) is 0. The van der Waals surface area contributed by atoms with E-state index in [0.717, 1.165) is 24.1 Å². The van der Waals surface area contributed by atoms with Crippen LogP contribution in [0.4, 0.5) is 0 Å². The molecule has 28 heavy (non-hydrogen) atoms. The first-order chi connectivity index (χ1) is 13.8. The van der Waals surface area contributed by atoms with E-state index >= 15 is 0 Å². The summed E-state index contributed by atoms with van der Waals surface area (Å²) in [6, 6.07) is 7.68. The van der Waals surface area contributed by atoms with Gasteiger partial charge < -0.3 is 18.8 Å². The highest BCUT2D eigenvalue weighted by Crippen LogP contribution is 2.15. The second-order valence-corrected chi connectivity index (χ2v) is 6.38. The molecule has 3 aromatic rings. The van der Waals surface area contributed by atoms with Crippen LogP contribution in [0.1, 0.15) is 28.9 Å². The lowest BCUT2D eigenvalue weighted by Gasteiger charge is -2.22. The Morgan fingerprint density at radius 3 is 2.64 bits per heavy atom. The van der Waals surface area contributed by atoms with Crippen LogP contribution in [0.15, 0.2) is 55.4 Å². The lowest BCUT2D eigenvalue weighted by Crippen LogP contribution is -2.26. The summed E-state index contributed by atoms with van der Waals surface area (Å²) in [6.45, 7) is 1.53. The van der Waals surface area contributed by atoms with Crippen molar-refractivity contribution in [1.29, 1.82) is 0 Å². The number of imidazole rings is 1. The van der Waals surface area contributed by atoms with Crippen molar-refractivity contribution in [2.75, 3.05) is 13.2 Å². The third-order valence-electron chi connectivity index (χ3n) is 4.40. The van der Waals surface area contributed by atoms with Gasteiger partial charge in [0.05, 0.1) is 31.9 Å². The zero-order chi connectivity index (χ0) is 19.2. The van der Waals surface area contributed by atoms with Crippen molar-refractivity contribution in [3.8, 4) is 11.6 Å². The smallest absolute Gasteiger partial charge is 0.358 e. The maximum atomic E-state index is 12.2. The average Bonchev–Trinajstić information content (AvgIpc) is 3.29. The van der Waals surface area contributed by atoms with Crippen molar-refractivity contribution in [1.82, 2.24) is 19.5 Å². The number of rotatable bonds is 6. The van der Waals surface area contributed by atoms with E-state index < -0.39 is 5.97 Å². The van der Waals surface area contributed by atoms with Gasteiger partial charge in [-0.2, -0.15) is 0 Å². The van der Waals surface area contributed by atoms with E-state index in [0.29, 0.717) is 19.1 Å². The molecule has 0 unspecified atom stereocenters. The molecule has 8 heteroatoms. The standard InChI is InChI=1S/C20H20N4O4/c25-20(18-11-23-19(12-22-18)28-17-5-9-26-10-6-17)27-13-15-1-3-16(4-2-15)24-8-7-21-14-24/h1-4,7-8,11-12,14,17H,5-6,9-10,13H2. The Morgan fingerprint density at radius 2 is 1.96 bits per heavy atom. The Kier molecular flexibility index (Phi) is 5.58. The molecule has 0 radical (unpaired) electrons. The van der Waals surface area contributed by atoms with Gasteiger partial charge in [-0.15, -0.1) is 0 Å². The molecule has 3 heterocycles.